The monoisotopic (exact) mass is 565 g/mol. The average molecular weight is 566 g/mol. The van der Waals surface area contributed by atoms with Gasteiger partial charge >= 0.3 is 12.3 Å². The molecule has 5 rings (SSSR count). The zero-order valence-corrected chi connectivity index (χ0v) is 23.1. The van der Waals surface area contributed by atoms with Crippen LogP contribution in [0.1, 0.15) is 62.5 Å². The summed E-state index contributed by atoms with van der Waals surface area (Å²) in [6.45, 7) is 5.72. The summed E-state index contributed by atoms with van der Waals surface area (Å²) < 4.78 is 44.4. The molecule has 222 valence electrons. The fourth-order valence-corrected chi connectivity index (χ4v) is 6.77. The Labute approximate surface area is 234 Å². The molecule has 4 fully saturated rings. The van der Waals surface area contributed by atoms with Gasteiger partial charge in [-0.1, -0.05) is 12.1 Å². The van der Waals surface area contributed by atoms with Gasteiger partial charge in [0, 0.05) is 70.7 Å². The first-order valence-corrected chi connectivity index (χ1v) is 14.7. The number of rotatable bonds is 7. The van der Waals surface area contributed by atoms with Gasteiger partial charge in [0.15, 0.2) is 0 Å². The number of likely N-dealkylation sites (tertiary alicyclic amines) is 2. The first-order chi connectivity index (χ1) is 19.1. The van der Waals surface area contributed by atoms with E-state index in [0.29, 0.717) is 45.1 Å². The Hall–Kier alpha value is -2.37. The van der Waals surface area contributed by atoms with Crippen LogP contribution in [0.15, 0.2) is 24.3 Å². The molecule has 40 heavy (non-hydrogen) atoms. The van der Waals surface area contributed by atoms with Gasteiger partial charge in [-0.05, 0) is 62.1 Å². The topological polar surface area (TPSA) is 91.1 Å². The second kappa shape index (κ2) is 12.2. The lowest BCUT2D eigenvalue weighted by Crippen LogP contribution is -2.48. The van der Waals surface area contributed by atoms with Crippen LogP contribution in [0.2, 0.25) is 0 Å². The lowest BCUT2D eigenvalue weighted by molar-refractivity contribution is -0.137. The van der Waals surface area contributed by atoms with Crippen LogP contribution in [0.5, 0.6) is 0 Å². The van der Waals surface area contributed by atoms with Gasteiger partial charge in [-0.25, -0.2) is 4.79 Å². The van der Waals surface area contributed by atoms with Crippen LogP contribution in [0.4, 0.5) is 18.0 Å². The van der Waals surface area contributed by atoms with Gasteiger partial charge in [0.05, 0.1) is 12.1 Å². The Morgan fingerprint density at radius 1 is 0.975 bits per heavy atom. The minimum absolute atomic E-state index is 0.0506. The Bertz CT molecular complexity index is 1010. The molecule has 3 aliphatic heterocycles. The number of ether oxygens (including phenoxy) is 1. The van der Waals surface area contributed by atoms with Crippen molar-refractivity contribution in [3.8, 4) is 0 Å². The minimum Gasteiger partial charge on any atom is -0.441 e. The van der Waals surface area contributed by atoms with E-state index >= 15 is 0 Å². The molecule has 1 aromatic rings. The van der Waals surface area contributed by atoms with Crippen LogP contribution in [-0.2, 0) is 22.3 Å². The lowest BCUT2D eigenvalue weighted by Gasteiger charge is -2.37. The van der Waals surface area contributed by atoms with Gasteiger partial charge in [-0.2, -0.15) is 13.2 Å². The highest BCUT2D eigenvalue weighted by molar-refractivity contribution is 5.79. The molecule has 1 spiro atoms. The second-order valence-corrected chi connectivity index (χ2v) is 12.2. The largest absolute Gasteiger partial charge is 0.441 e. The summed E-state index contributed by atoms with van der Waals surface area (Å²) in [7, 11) is 0. The summed E-state index contributed by atoms with van der Waals surface area (Å²) in [6, 6.07) is 5.57. The van der Waals surface area contributed by atoms with Crippen LogP contribution in [0.25, 0.3) is 0 Å². The van der Waals surface area contributed by atoms with E-state index in [9.17, 15) is 22.8 Å². The molecule has 0 radical (unpaired) electrons. The van der Waals surface area contributed by atoms with Crippen molar-refractivity contribution < 1.29 is 27.5 Å². The number of carbonyl (C=O) groups is 2. The molecule has 1 saturated carbocycles. The lowest BCUT2D eigenvalue weighted by atomic mass is 9.81. The first kappa shape index (κ1) is 29.1. The van der Waals surface area contributed by atoms with Gasteiger partial charge in [-0.15, -0.1) is 0 Å². The summed E-state index contributed by atoms with van der Waals surface area (Å²) >= 11 is 0. The summed E-state index contributed by atoms with van der Waals surface area (Å²) in [4.78, 5) is 31.9. The molecule has 0 atom stereocenters. The summed E-state index contributed by atoms with van der Waals surface area (Å²) in [5, 5.41) is 3.25. The van der Waals surface area contributed by atoms with Crippen LogP contribution < -0.4 is 11.1 Å². The number of hydrogen-bond donors (Lipinski definition) is 2. The van der Waals surface area contributed by atoms with E-state index in [1.165, 1.54) is 12.1 Å². The minimum atomic E-state index is -4.33. The van der Waals surface area contributed by atoms with Crippen molar-refractivity contribution in [3.05, 3.63) is 35.4 Å². The van der Waals surface area contributed by atoms with Crippen molar-refractivity contribution in [2.45, 2.75) is 75.7 Å². The first-order valence-electron chi connectivity index (χ1n) is 14.7. The Kier molecular flexibility index (Phi) is 8.92. The number of hydrogen-bond acceptors (Lipinski definition) is 6. The highest BCUT2D eigenvalue weighted by atomic mass is 19.4. The number of carbonyl (C=O) groups excluding carboxylic acids is 2. The van der Waals surface area contributed by atoms with Crippen molar-refractivity contribution in [1.29, 1.82) is 0 Å². The molecule has 2 amide bonds. The van der Waals surface area contributed by atoms with E-state index < -0.39 is 17.3 Å². The highest BCUT2D eigenvalue weighted by Crippen LogP contribution is 2.37. The predicted molar refractivity (Wildman–Crippen MR) is 144 cm³/mol. The van der Waals surface area contributed by atoms with Crippen molar-refractivity contribution in [2.24, 2.45) is 17.6 Å². The Morgan fingerprint density at radius 2 is 1.62 bits per heavy atom. The molecule has 3 heterocycles. The quantitative estimate of drug-likeness (QED) is 0.523. The smallest absolute Gasteiger partial charge is 0.416 e. The van der Waals surface area contributed by atoms with Gasteiger partial charge < -0.3 is 20.7 Å². The van der Waals surface area contributed by atoms with E-state index in [1.807, 2.05) is 4.90 Å². The fraction of sp³-hybridized carbons (Fsp3) is 0.724. The number of halogens is 3. The molecule has 11 heteroatoms. The molecular formula is C29H42F3N5O3. The number of amides is 2. The molecule has 3 saturated heterocycles. The van der Waals surface area contributed by atoms with Gasteiger partial charge in [0.25, 0.3) is 0 Å². The SMILES string of the molecule is NCN1CCC(NC(=O)C2CCC(CN3CC4(CCN(Cc5ccc(C(F)(F)F)cc5)CC4)OC3=O)CC2)CC1. The summed E-state index contributed by atoms with van der Waals surface area (Å²) in [5.41, 5.74) is 5.44. The molecule has 3 N–H and O–H groups in total. The van der Waals surface area contributed by atoms with E-state index in [2.05, 4.69) is 15.1 Å². The molecule has 1 aromatic carbocycles. The van der Waals surface area contributed by atoms with Crippen LogP contribution in [0.3, 0.4) is 0 Å². The third kappa shape index (κ3) is 7.09. The zero-order valence-electron chi connectivity index (χ0n) is 23.1. The Morgan fingerprint density at radius 3 is 2.23 bits per heavy atom. The van der Waals surface area contributed by atoms with Gasteiger partial charge in [-0.3, -0.25) is 14.6 Å². The van der Waals surface area contributed by atoms with Crippen molar-refractivity contribution in [2.75, 3.05) is 45.9 Å². The van der Waals surface area contributed by atoms with Gasteiger partial charge in [0.2, 0.25) is 5.91 Å². The maximum atomic E-state index is 12.8. The van der Waals surface area contributed by atoms with E-state index in [0.717, 1.165) is 82.4 Å². The number of piperidine rings is 2. The van der Waals surface area contributed by atoms with Crippen molar-refractivity contribution >= 4 is 12.0 Å². The Balaban J connectivity index is 1.03. The maximum Gasteiger partial charge on any atom is 0.416 e. The van der Waals surface area contributed by atoms with Crippen LogP contribution >= 0.6 is 0 Å². The molecule has 0 bridgehead atoms. The number of nitrogens with one attached hydrogen (secondary N) is 1. The molecule has 8 nitrogen and oxygen atoms in total. The van der Waals surface area contributed by atoms with Crippen LogP contribution in [-0.4, -0.2) is 84.3 Å². The normalized spacial score (nSPS) is 26.7. The van der Waals surface area contributed by atoms with E-state index in [1.54, 1.807) is 0 Å². The maximum absolute atomic E-state index is 12.8. The third-order valence-electron chi connectivity index (χ3n) is 9.38. The zero-order chi connectivity index (χ0) is 28.3. The number of nitrogens with zero attached hydrogens (tertiary/aromatic N) is 3. The van der Waals surface area contributed by atoms with E-state index in [4.69, 9.17) is 10.5 Å². The predicted octanol–water partition coefficient (Wildman–Crippen LogP) is 3.80. The van der Waals surface area contributed by atoms with Crippen molar-refractivity contribution in [3.63, 3.8) is 0 Å². The number of benzene rings is 1. The summed E-state index contributed by atoms with van der Waals surface area (Å²) in [5.74, 6) is 0.598. The molecule has 4 aliphatic rings. The standard InChI is InChI=1S/C29H42F3N5O3/c30-29(31,32)24-7-3-21(4-8-24)17-35-15-11-28(12-16-35)19-37(27(39)40-28)18-22-1-5-23(6-2-22)26(38)34-25-9-13-36(20-33)14-10-25/h3-4,7-8,22-23,25H,1-2,5-6,9-20,33H2,(H,34,38). The molecule has 0 unspecified atom stereocenters. The summed E-state index contributed by atoms with van der Waals surface area (Å²) in [6.07, 6.45) is 2.32. The molecule has 0 aromatic heterocycles. The van der Waals surface area contributed by atoms with E-state index in [-0.39, 0.29) is 24.0 Å². The number of alkyl halides is 3. The fourth-order valence-electron chi connectivity index (χ4n) is 6.77. The molecule has 1 aliphatic carbocycles. The molecular weight excluding hydrogens is 523 g/mol. The average Bonchev–Trinajstić information content (AvgIpc) is 3.24. The van der Waals surface area contributed by atoms with Crippen molar-refractivity contribution in [1.82, 2.24) is 20.0 Å². The number of nitrogens with two attached hydrogens (primary N) is 1. The second-order valence-electron chi connectivity index (χ2n) is 12.2. The highest BCUT2D eigenvalue weighted by Gasteiger charge is 2.47. The third-order valence-corrected chi connectivity index (χ3v) is 9.38. The van der Waals surface area contributed by atoms with Crippen LogP contribution in [0, 0.1) is 11.8 Å². The van der Waals surface area contributed by atoms with Gasteiger partial charge in [0.1, 0.15) is 5.60 Å².